The van der Waals surface area contributed by atoms with Crippen molar-refractivity contribution in [3.63, 3.8) is 0 Å². The maximum absolute atomic E-state index is 11.1. The molecule has 2 rings (SSSR count). The average Bonchev–Trinajstić information content (AvgIpc) is 3.22. The van der Waals surface area contributed by atoms with Crippen LogP contribution in [0.15, 0.2) is 12.7 Å². The van der Waals surface area contributed by atoms with E-state index in [1.165, 1.54) is 0 Å². The minimum Gasteiger partial charge on any atom is -0.454 e. The Kier molecular flexibility index (Phi) is 5.12. The number of carbonyl (C=O) groups excluding carboxylic acids is 1. The van der Waals surface area contributed by atoms with Gasteiger partial charge in [0.15, 0.2) is 0 Å². The molecule has 2 fully saturated rings. The van der Waals surface area contributed by atoms with Crippen LogP contribution in [0.5, 0.6) is 0 Å². The van der Waals surface area contributed by atoms with Crippen molar-refractivity contribution >= 4 is 5.97 Å². The van der Waals surface area contributed by atoms with Gasteiger partial charge in [-0.1, -0.05) is 6.58 Å². The van der Waals surface area contributed by atoms with E-state index in [4.69, 9.17) is 23.7 Å². The zero-order valence-electron chi connectivity index (χ0n) is 10.2. The van der Waals surface area contributed by atoms with E-state index >= 15 is 0 Å². The lowest BCUT2D eigenvalue weighted by molar-refractivity contribution is -0.150. The van der Waals surface area contributed by atoms with Gasteiger partial charge in [0.05, 0.1) is 39.6 Å². The molecule has 6 nitrogen and oxygen atoms in total. The van der Waals surface area contributed by atoms with Gasteiger partial charge in [-0.15, -0.1) is 0 Å². The van der Waals surface area contributed by atoms with Gasteiger partial charge in [-0.25, -0.2) is 4.79 Å². The Morgan fingerprint density at radius 2 is 1.72 bits per heavy atom. The highest BCUT2D eigenvalue weighted by Crippen LogP contribution is 2.11. The van der Waals surface area contributed by atoms with Crippen molar-refractivity contribution in [3.05, 3.63) is 12.7 Å². The van der Waals surface area contributed by atoms with Gasteiger partial charge in [-0.2, -0.15) is 0 Å². The summed E-state index contributed by atoms with van der Waals surface area (Å²) in [6, 6.07) is 0. The first-order valence-electron chi connectivity index (χ1n) is 5.99. The highest BCUT2D eigenvalue weighted by molar-refractivity contribution is 5.81. The molecule has 0 spiro atoms. The van der Waals surface area contributed by atoms with Crippen LogP contribution < -0.4 is 0 Å². The number of hydrogen-bond donors (Lipinski definition) is 0. The molecule has 2 heterocycles. The topological polar surface area (TPSA) is 69.8 Å². The van der Waals surface area contributed by atoms with E-state index in [1.54, 1.807) is 0 Å². The van der Waals surface area contributed by atoms with Crippen LogP contribution in [0, 0.1) is 0 Å². The summed E-state index contributed by atoms with van der Waals surface area (Å²) in [7, 11) is 0. The fourth-order valence-corrected chi connectivity index (χ4v) is 1.32. The quantitative estimate of drug-likeness (QED) is 0.310. The fraction of sp³-hybridized carbons (Fsp3) is 0.750. The van der Waals surface area contributed by atoms with Crippen molar-refractivity contribution in [1.82, 2.24) is 0 Å². The molecule has 0 aromatic heterocycles. The van der Waals surface area contributed by atoms with E-state index in [0.717, 1.165) is 19.3 Å². The number of rotatable bonds is 10. The average molecular weight is 258 g/mol. The molecule has 0 aromatic rings. The van der Waals surface area contributed by atoms with Crippen LogP contribution in [-0.2, 0) is 28.5 Å². The molecule has 0 N–H and O–H groups in total. The molecule has 0 bridgehead atoms. The van der Waals surface area contributed by atoms with Gasteiger partial charge in [-0.3, -0.25) is 0 Å². The SMILES string of the molecule is C=CC(=O)OC(COCC1CO1)COCC1CO1. The van der Waals surface area contributed by atoms with Crippen LogP contribution in [-0.4, -0.2) is 63.9 Å². The van der Waals surface area contributed by atoms with E-state index in [2.05, 4.69) is 6.58 Å². The van der Waals surface area contributed by atoms with Crippen LogP contribution in [0.1, 0.15) is 0 Å². The largest absolute Gasteiger partial charge is 0.454 e. The summed E-state index contributed by atoms with van der Waals surface area (Å²) in [6.45, 7) is 6.48. The molecular formula is C12H18O6. The molecule has 18 heavy (non-hydrogen) atoms. The van der Waals surface area contributed by atoms with E-state index < -0.39 is 12.1 Å². The molecule has 2 saturated heterocycles. The first kappa shape index (κ1) is 13.5. The molecule has 0 amide bonds. The molecule has 2 aliphatic rings. The highest BCUT2D eigenvalue weighted by Gasteiger charge is 2.25. The van der Waals surface area contributed by atoms with Crippen molar-refractivity contribution in [2.24, 2.45) is 0 Å². The summed E-state index contributed by atoms with van der Waals surface area (Å²) in [5.74, 6) is -0.474. The zero-order chi connectivity index (χ0) is 12.8. The summed E-state index contributed by atoms with van der Waals surface area (Å²) < 4.78 is 25.9. The molecule has 0 saturated carbocycles. The van der Waals surface area contributed by atoms with Gasteiger partial charge in [-0.05, 0) is 0 Å². The summed E-state index contributed by atoms with van der Waals surface area (Å²) in [4.78, 5) is 11.1. The number of ether oxygens (including phenoxy) is 5. The van der Waals surface area contributed by atoms with Crippen molar-refractivity contribution in [3.8, 4) is 0 Å². The molecule has 2 atom stereocenters. The molecule has 0 aliphatic carbocycles. The van der Waals surface area contributed by atoms with E-state index in [0.29, 0.717) is 26.4 Å². The molecule has 2 aliphatic heterocycles. The highest BCUT2D eigenvalue weighted by atomic mass is 16.6. The molecule has 2 unspecified atom stereocenters. The number of epoxide rings is 2. The van der Waals surface area contributed by atoms with Crippen LogP contribution in [0.25, 0.3) is 0 Å². The molecule has 102 valence electrons. The monoisotopic (exact) mass is 258 g/mol. The third kappa shape index (κ3) is 5.59. The van der Waals surface area contributed by atoms with Crippen LogP contribution in [0.3, 0.4) is 0 Å². The lowest BCUT2D eigenvalue weighted by Gasteiger charge is -2.16. The first-order chi connectivity index (χ1) is 8.78. The van der Waals surface area contributed by atoms with Crippen molar-refractivity contribution in [2.75, 3.05) is 39.6 Å². The zero-order valence-corrected chi connectivity index (χ0v) is 10.2. The second-order valence-electron chi connectivity index (χ2n) is 4.25. The third-order valence-electron chi connectivity index (χ3n) is 2.47. The first-order valence-corrected chi connectivity index (χ1v) is 5.99. The normalized spacial score (nSPS) is 26.4. The standard InChI is InChI=1S/C12H18O6/c1-2-12(13)18-11(5-14-3-9-7-16-9)6-15-4-10-8-17-10/h2,9-11H,1,3-8H2. The van der Waals surface area contributed by atoms with Crippen LogP contribution in [0.2, 0.25) is 0 Å². The van der Waals surface area contributed by atoms with Crippen molar-refractivity contribution in [2.45, 2.75) is 18.3 Å². The van der Waals surface area contributed by atoms with Crippen LogP contribution in [0.4, 0.5) is 0 Å². The smallest absolute Gasteiger partial charge is 0.330 e. The maximum Gasteiger partial charge on any atom is 0.330 e. The Balaban J connectivity index is 1.61. The summed E-state index contributed by atoms with van der Waals surface area (Å²) in [5.41, 5.74) is 0. The lowest BCUT2D eigenvalue weighted by Crippen LogP contribution is -2.29. The summed E-state index contributed by atoms with van der Waals surface area (Å²) >= 11 is 0. The van der Waals surface area contributed by atoms with Gasteiger partial charge in [0.2, 0.25) is 0 Å². The second-order valence-corrected chi connectivity index (χ2v) is 4.25. The van der Waals surface area contributed by atoms with Gasteiger partial charge in [0.25, 0.3) is 0 Å². The Morgan fingerprint density at radius 3 is 2.11 bits per heavy atom. The fourth-order valence-electron chi connectivity index (χ4n) is 1.32. The Labute approximate surface area is 106 Å². The molecular weight excluding hydrogens is 240 g/mol. The van der Waals surface area contributed by atoms with Crippen molar-refractivity contribution in [1.29, 1.82) is 0 Å². The summed E-state index contributed by atoms with van der Waals surface area (Å²) in [6.07, 6.45) is 1.09. The third-order valence-corrected chi connectivity index (χ3v) is 2.47. The molecule has 0 aromatic carbocycles. The predicted molar refractivity (Wildman–Crippen MR) is 61.2 cm³/mol. The second kappa shape index (κ2) is 6.84. The Morgan fingerprint density at radius 1 is 1.22 bits per heavy atom. The summed E-state index contributed by atoms with van der Waals surface area (Å²) in [5, 5.41) is 0. The Bertz CT molecular complexity index is 266. The van der Waals surface area contributed by atoms with E-state index in [9.17, 15) is 4.79 Å². The number of carbonyl (C=O) groups is 1. The molecule has 0 radical (unpaired) electrons. The predicted octanol–water partition coefficient (Wildman–Crippen LogP) is -0.0850. The minimum absolute atomic E-state index is 0.196. The maximum atomic E-state index is 11.1. The van der Waals surface area contributed by atoms with Gasteiger partial charge in [0.1, 0.15) is 18.3 Å². The van der Waals surface area contributed by atoms with Crippen molar-refractivity contribution < 1.29 is 28.5 Å². The minimum atomic E-state index is -0.474. The number of hydrogen-bond acceptors (Lipinski definition) is 6. The van der Waals surface area contributed by atoms with E-state index in [1.807, 2.05) is 0 Å². The van der Waals surface area contributed by atoms with Gasteiger partial charge in [0, 0.05) is 6.08 Å². The number of esters is 1. The van der Waals surface area contributed by atoms with E-state index in [-0.39, 0.29) is 12.2 Å². The molecule has 6 heteroatoms. The van der Waals surface area contributed by atoms with Gasteiger partial charge < -0.3 is 23.7 Å². The van der Waals surface area contributed by atoms with Crippen LogP contribution >= 0.6 is 0 Å². The lowest BCUT2D eigenvalue weighted by atomic mass is 10.4. The Hall–Kier alpha value is -0.950. The van der Waals surface area contributed by atoms with Gasteiger partial charge >= 0.3 is 5.97 Å².